The maximum absolute atomic E-state index is 11.5. The van der Waals surface area contributed by atoms with Crippen LogP contribution in [0.5, 0.6) is 11.5 Å². The van der Waals surface area contributed by atoms with Crippen LogP contribution < -0.4 is 4.74 Å². The van der Waals surface area contributed by atoms with Gasteiger partial charge in [-0.05, 0) is 42.8 Å². The molecule has 0 atom stereocenters. The molecule has 0 fully saturated rings. The predicted octanol–water partition coefficient (Wildman–Crippen LogP) is 6.23. The summed E-state index contributed by atoms with van der Waals surface area (Å²) in [7, 11) is 0. The number of hydrogen-bond acceptors (Lipinski definition) is 3. The monoisotopic (exact) mass is 423 g/mol. The number of rotatable bonds is 6. The van der Waals surface area contributed by atoms with Crippen LogP contribution in [0.1, 0.15) is 12.0 Å². The van der Waals surface area contributed by atoms with Gasteiger partial charge in [-0.25, -0.2) is 0 Å². The van der Waals surface area contributed by atoms with Gasteiger partial charge in [0.05, 0.1) is 23.3 Å². The van der Waals surface area contributed by atoms with E-state index in [1.54, 1.807) is 0 Å². The molecule has 0 saturated carbocycles. The van der Waals surface area contributed by atoms with Gasteiger partial charge in [-0.15, -0.1) is 0 Å². The minimum Gasteiger partial charge on any atom is -0.505 e. The fourth-order valence-corrected chi connectivity index (χ4v) is 4.38. The lowest BCUT2D eigenvalue weighted by molar-refractivity contribution is 0.234. The highest BCUT2D eigenvalue weighted by Crippen LogP contribution is 2.42. The normalized spacial score (nSPS) is 11.3. The molecular weight excluding hydrogens is 398 g/mol. The molecule has 2 N–H and O–H groups in total. The standard InChI is InChI=1S/C28H25NO3/c1-19-17-23(22-11-4-7-14-27(22)32-16-8-15-30)28(31)26(18-19)29-24-12-5-2-9-20(24)21-10-3-6-13-25(21)29/h2-7,9-14,17-18,30-31H,8,15-16H2,1H3. The molecule has 0 radical (unpaired) electrons. The number of aryl methyl sites for hydroxylation is 1. The highest BCUT2D eigenvalue weighted by molar-refractivity contribution is 6.09. The van der Waals surface area contributed by atoms with E-state index in [0.29, 0.717) is 18.8 Å². The number of hydrogen-bond donors (Lipinski definition) is 2. The molecular formula is C28H25NO3. The van der Waals surface area contributed by atoms with Crippen molar-refractivity contribution in [3.63, 3.8) is 0 Å². The molecule has 0 amide bonds. The van der Waals surface area contributed by atoms with Crippen LogP contribution in [0.15, 0.2) is 84.9 Å². The molecule has 1 aromatic heterocycles. The van der Waals surface area contributed by atoms with Gasteiger partial charge in [0.25, 0.3) is 0 Å². The Morgan fingerprint density at radius 3 is 2.09 bits per heavy atom. The first kappa shape index (κ1) is 20.2. The molecule has 0 aliphatic rings. The Hall–Kier alpha value is -3.76. The predicted molar refractivity (Wildman–Crippen MR) is 130 cm³/mol. The molecule has 5 aromatic rings. The summed E-state index contributed by atoms with van der Waals surface area (Å²) in [6, 6.07) is 28.3. The Bertz CT molecular complexity index is 1360. The topological polar surface area (TPSA) is 54.6 Å². The van der Waals surface area contributed by atoms with E-state index in [0.717, 1.165) is 44.2 Å². The summed E-state index contributed by atoms with van der Waals surface area (Å²) in [6.45, 7) is 2.53. The van der Waals surface area contributed by atoms with Crippen molar-refractivity contribution in [2.45, 2.75) is 13.3 Å². The van der Waals surface area contributed by atoms with Gasteiger partial charge in [0.1, 0.15) is 11.5 Å². The molecule has 0 spiro atoms. The van der Waals surface area contributed by atoms with Crippen LogP contribution in [0, 0.1) is 6.92 Å². The Morgan fingerprint density at radius 1 is 0.781 bits per heavy atom. The molecule has 0 bridgehead atoms. The molecule has 0 aliphatic heterocycles. The van der Waals surface area contributed by atoms with Gasteiger partial charge in [-0.3, -0.25) is 0 Å². The van der Waals surface area contributed by atoms with E-state index < -0.39 is 0 Å². The van der Waals surface area contributed by atoms with Crippen molar-refractivity contribution in [3.8, 4) is 28.3 Å². The third-order valence-corrected chi connectivity index (χ3v) is 5.79. The van der Waals surface area contributed by atoms with Crippen LogP contribution in [0.25, 0.3) is 38.6 Å². The smallest absolute Gasteiger partial charge is 0.147 e. The van der Waals surface area contributed by atoms with Crippen LogP contribution in [0.2, 0.25) is 0 Å². The van der Waals surface area contributed by atoms with Crippen LogP contribution in [0.3, 0.4) is 0 Å². The van der Waals surface area contributed by atoms with E-state index in [4.69, 9.17) is 9.84 Å². The van der Waals surface area contributed by atoms with Crippen LogP contribution in [0.4, 0.5) is 0 Å². The van der Waals surface area contributed by atoms with Crippen molar-refractivity contribution >= 4 is 21.8 Å². The maximum Gasteiger partial charge on any atom is 0.147 e. The lowest BCUT2D eigenvalue weighted by atomic mass is 10.00. The van der Waals surface area contributed by atoms with Gasteiger partial charge < -0.3 is 19.5 Å². The van der Waals surface area contributed by atoms with Crippen molar-refractivity contribution in [1.29, 1.82) is 0 Å². The molecule has 0 saturated heterocycles. The van der Waals surface area contributed by atoms with Gasteiger partial charge >= 0.3 is 0 Å². The van der Waals surface area contributed by atoms with Crippen LogP contribution in [-0.4, -0.2) is 28.0 Å². The minimum absolute atomic E-state index is 0.0792. The third-order valence-electron chi connectivity index (χ3n) is 5.79. The Kier molecular flexibility index (Phi) is 5.29. The zero-order valence-electron chi connectivity index (χ0n) is 18.0. The average Bonchev–Trinajstić information content (AvgIpc) is 3.15. The van der Waals surface area contributed by atoms with Crippen molar-refractivity contribution in [2.24, 2.45) is 0 Å². The van der Waals surface area contributed by atoms with E-state index in [1.807, 2.05) is 67.6 Å². The first-order valence-corrected chi connectivity index (χ1v) is 10.8. The Balaban J connectivity index is 1.75. The van der Waals surface area contributed by atoms with Gasteiger partial charge in [-0.2, -0.15) is 0 Å². The van der Waals surface area contributed by atoms with Gasteiger partial charge in [0.2, 0.25) is 0 Å². The Labute approximate surface area is 186 Å². The second-order valence-electron chi connectivity index (χ2n) is 7.97. The SMILES string of the molecule is Cc1cc(-c2ccccc2OCCCO)c(O)c(-n2c3ccccc3c3ccccc32)c1. The molecule has 4 heteroatoms. The van der Waals surface area contributed by atoms with E-state index in [2.05, 4.69) is 28.8 Å². The number of nitrogens with zero attached hydrogens (tertiary/aromatic N) is 1. The fourth-order valence-electron chi connectivity index (χ4n) is 4.38. The summed E-state index contributed by atoms with van der Waals surface area (Å²) in [5, 5.41) is 22.9. The Morgan fingerprint density at radius 2 is 1.41 bits per heavy atom. The summed E-state index contributed by atoms with van der Waals surface area (Å²) >= 11 is 0. The lowest BCUT2D eigenvalue weighted by Gasteiger charge is -2.17. The highest BCUT2D eigenvalue weighted by atomic mass is 16.5. The molecule has 5 rings (SSSR count). The second kappa shape index (κ2) is 8.40. The molecule has 1 heterocycles. The summed E-state index contributed by atoms with van der Waals surface area (Å²) in [5.74, 6) is 0.898. The van der Waals surface area contributed by atoms with Crippen molar-refractivity contribution < 1.29 is 14.9 Å². The van der Waals surface area contributed by atoms with E-state index in [1.165, 1.54) is 0 Å². The summed E-state index contributed by atoms with van der Waals surface area (Å²) in [4.78, 5) is 0. The number of para-hydroxylation sites is 3. The molecule has 4 aromatic carbocycles. The number of benzene rings is 4. The first-order chi connectivity index (χ1) is 15.7. The third kappa shape index (κ3) is 3.39. The van der Waals surface area contributed by atoms with Crippen LogP contribution >= 0.6 is 0 Å². The minimum atomic E-state index is 0.0792. The molecule has 160 valence electrons. The number of ether oxygens (including phenoxy) is 1. The highest BCUT2D eigenvalue weighted by Gasteiger charge is 2.19. The molecule has 32 heavy (non-hydrogen) atoms. The average molecular weight is 424 g/mol. The number of phenols is 1. The molecule has 4 nitrogen and oxygen atoms in total. The number of aliphatic hydroxyl groups is 1. The number of aromatic nitrogens is 1. The van der Waals surface area contributed by atoms with E-state index in [-0.39, 0.29) is 12.4 Å². The summed E-state index contributed by atoms with van der Waals surface area (Å²) < 4.78 is 8.05. The van der Waals surface area contributed by atoms with Gasteiger partial charge in [-0.1, -0.05) is 54.6 Å². The first-order valence-electron chi connectivity index (χ1n) is 10.8. The number of aromatic hydroxyl groups is 1. The number of fused-ring (bicyclic) bond motifs is 3. The lowest BCUT2D eigenvalue weighted by Crippen LogP contribution is -2.01. The van der Waals surface area contributed by atoms with Crippen LogP contribution in [-0.2, 0) is 0 Å². The van der Waals surface area contributed by atoms with Gasteiger partial charge in [0, 0.05) is 34.9 Å². The second-order valence-corrected chi connectivity index (χ2v) is 7.97. The zero-order chi connectivity index (χ0) is 22.1. The largest absolute Gasteiger partial charge is 0.505 e. The van der Waals surface area contributed by atoms with Gasteiger partial charge in [0.15, 0.2) is 0 Å². The summed E-state index contributed by atoms with van der Waals surface area (Å²) in [5.41, 5.74) is 5.43. The fraction of sp³-hybridized carbons (Fsp3) is 0.143. The van der Waals surface area contributed by atoms with Crippen molar-refractivity contribution in [2.75, 3.05) is 13.2 Å². The summed E-state index contributed by atoms with van der Waals surface area (Å²) in [6.07, 6.45) is 0.556. The van der Waals surface area contributed by atoms with Crippen molar-refractivity contribution in [3.05, 3.63) is 90.5 Å². The maximum atomic E-state index is 11.5. The molecule has 0 unspecified atom stereocenters. The zero-order valence-corrected chi connectivity index (χ0v) is 18.0. The van der Waals surface area contributed by atoms with Crippen molar-refractivity contribution in [1.82, 2.24) is 4.57 Å². The van der Waals surface area contributed by atoms with E-state index in [9.17, 15) is 5.11 Å². The number of phenolic OH excluding ortho intramolecular Hbond substituents is 1. The number of aliphatic hydroxyl groups excluding tert-OH is 1. The quantitative estimate of drug-likeness (QED) is 0.319. The van der Waals surface area contributed by atoms with E-state index >= 15 is 0 Å². The molecule has 0 aliphatic carbocycles.